The van der Waals surface area contributed by atoms with Crippen LogP contribution in [0.15, 0.2) is 29.7 Å². The maximum atomic E-state index is 12.5. The van der Waals surface area contributed by atoms with Crippen LogP contribution in [-0.2, 0) is 4.79 Å². The molecule has 134 valence electrons. The quantitative estimate of drug-likeness (QED) is 0.793. The molecule has 1 heterocycles. The molecule has 1 fully saturated rings. The molecule has 5 nitrogen and oxygen atoms in total. The maximum Gasteiger partial charge on any atom is 0.233 e. The van der Waals surface area contributed by atoms with Gasteiger partial charge in [0.2, 0.25) is 5.91 Å². The molecular formula is C18H23ClN4OS. The van der Waals surface area contributed by atoms with Gasteiger partial charge in [-0.2, -0.15) is 0 Å². The number of aryl methyl sites for hydroxylation is 1. The van der Waals surface area contributed by atoms with Crippen LogP contribution < -0.4 is 5.32 Å². The van der Waals surface area contributed by atoms with Crippen molar-refractivity contribution in [3.63, 3.8) is 0 Å². The minimum atomic E-state index is -0.231. The second kappa shape index (κ2) is 8.23. The zero-order valence-electron chi connectivity index (χ0n) is 14.5. The predicted molar refractivity (Wildman–Crippen MR) is 101 cm³/mol. The van der Waals surface area contributed by atoms with Crippen LogP contribution in [0.4, 0.5) is 0 Å². The first-order valence-electron chi connectivity index (χ1n) is 8.68. The van der Waals surface area contributed by atoms with Crippen LogP contribution in [0.3, 0.4) is 0 Å². The Bertz CT molecular complexity index is 742. The van der Waals surface area contributed by atoms with Gasteiger partial charge in [-0.25, -0.2) is 0 Å². The van der Waals surface area contributed by atoms with E-state index in [1.165, 1.54) is 31.0 Å². The number of carbonyl (C=O) groups excluding carboxylic acids is 1. The molecule has 1 aromatic carbocycles. The highest BCUT2D eigenvalue weighted by Crippen LogP contribution is 2.27. The van der Waals surface area contributed by atoms with Crippen molar-refractivity contribution in [3.8, 4) is 5.69 Å². The van der Waals surface area contributed by atoms with E-state index in [9.17, 15) is 4.79 Å². The Kier molecular flexibility index (Phi) is 6.02. The average Bonchev–Trinajstić information content (AvgIpc) is 3.06. The van der Waals surface area contributed by atoms with Crippen molar-refractivity contribution in [1.29, 1.82) is 0 Å². The summed E-state index contributed by atoms with van der Waals surface area (Å²) in [6.07, 6.45) is 7.50. The first-order valence-corrected chi connectivity index (χ1v) is 9.94. The molecule has 1 aromatic heterocycles. The predicted octanol–water partition coefficient (Wildman–Crippen LogP) is 4.16. The van der Waals surface area contributed by atoms with Gasteiger partial charge >= 0.3 is 0 Å². The minimum Gasteiger partial charge on any atom is -0.352 e. The number of aromatic nitrogens is 3. The molecule has 7 heteroatoms. The fourth-order valence-corrected chi connectivity index (χ4v) is 4.02. The summed E-state index contributed by atoms with van der Waals surface area (Å²) < 4.78 is 1.86. The third kappa shape index (κ3) is 4.55. The van der Waals surface area contributed by atoms with E-state index in [0.29, 0.717) is 16.2 Å². The number of amides is 1. The second-order valence-electron chi connectivity index (χ2n) is 6.52. The van der Waals surface area contributed by atoms with E-state index in [0.717, 1.165) is 24.1 Å². The molecule has 2 aromatic rings. The van der Waals surface area contributed by atoms with Gasteiger partial charge in [0.1, 0.15) is 6.33 Å². The largest absolute Gasteiger partial charge is 0.352 e. The molecule has 1 aliphatic carbocycles. The van der Waals surface area contributed by atoms with E-state index in [2.05, 4.69) is 15.5 Å². The number of nitrogens with zero attached hydrogens (tertiary/aromatic N) is 3. The number of nitrogens with one attached hydrogen (secondary N) is 1. The van der Waals surface area contributed by atoms with Crippen LogP contribution in [0.5, 0.6) is 0 Å². The van der Waals surface area contributed by atoms with Crippen LogP contribution in [0.1, 0.15) is 44.6 Å². The Morgan fingerprint density at radius 1 is 1.36 bits per heavy atom. The number of thioether (sulfide) groups is 1. The van der Waals surface area contributed by atoms with Crippen LogP contribution in [-0.4, -0.2) is 32.0 Å². The zero-order chi connectivity index (χ0) is 17.8. The Morgan fingerprint density at radius 3 is 2.84 bits per heavy atom. The summed E-state index contributed by atoms with van der Waals surface area (Å²) in [6.45, 7) is 3.87. The topological polar surface area (TPSA) is 59.8 Å². The molecule has 0 bridgehead atoms. The summed E-state index contributed by atoms with van der Waals surface area (Å²) >= 11 is 7.64. The fraction of sp³-hybridized carbons (Fsp3) is 0.500. The van der Waals surface area contributed by atoms with Gasteiger partial charge in [0.25, 0.3) is 0 Å². The third-order valence-corrected chi connectivity index (χ3v) is 6.02. The van der Waals surface area contributed by atoms with Crippen molar-refractivity contribution in [2.75, 3.05) is 0 Å². The van der Waals surface area contributed by atoms with E-state index >= 15 is 0 Å². The Labute approximate surface area is 157 Å². The van der Waals surface area contributed by atoms with Gasteiger partial charge in [-0.1, -0.05) is 48.7 Å². The first-order chi connectivity index (χ1) is 12.0. The van der Waals surface area contributed by atoms with Crippen LogP contribution >= 0.6 is 23.4 Å². The molecule has 1 aliphatic rings. The SMILES string of the molecule is Cc1ccc(-n2cnnc2S[C@H](C)C(=O)NC2CCCCC2)cc1Cl. The van der Waals surface area contributed by atoms with Gasteiger partial charge in [0.05, 0.1) is 10.9 Å². The monoisotopic (exact) mass is 378 g/mol. The lowest BCUT2D eigenvalue weighted by Crippen LogP contribution is -2.40. The molecule has 0 radical (unpaired) electrons. The van der Waals surface area contributed by atoms with Crippen molar-refractivity contribution < 1.29 is 4.79 Å². The molecule has 0 unspecified atom stereocenters. The third-order valence-electron chi connectivity index (χ3n) is 4.55. The molecular weight excluding hydrogens is 356 g/mol. The summed E-state index contributed by atoms with van der Waals surface area (Å²) in [5, 5.41) is 12.5. The summed E-state index contributed by atoms with van der Waals surface area (Å²) in [6, 6.07) is 6.14. The number of benzene rings is 1. The van der Waals surface area contributed by atoms with E-state index in [-0.39, 0.29) is 11.2 Å². The number of carbonyl (C=O) groups is 1. The summed E-state index contributed by atoms with van der Waals surface area (Å²) in [5.41, 5.74) is 1.91. The van der Waals surface area contributed by atoms with Crippen molar-refractivity contribution in [2.45, 2.75) is 62.4 Å². The molecule has 0 aliphatic heterocycles. The summed E-state index contributed by atoms with van der Waals surface area (Å²) in [4.78, 5) is 12.5. The molecule has 1 amide bonds. The van der Waals surface area contributed by atoms with Gasteiger partial charge in [0.15, 0.2) is 5.16 Å². The zero-order valence-corrected chi connectivity index (χ0v) is 16.1. The lowest BCUT2D eigenvalue weighted by atomic mass is 9.95. The summed E-state index contributed by atoms with van der Waals surface area (Å²) in [5.74, 6) is 0.0633. The van der Waals surface area contributed by atoms with Crippen LogP contribution in [0, 0.1) is 6.92 Å². The van der Waals surface area contributed by atoms with Crippen LogP contribution in [0.25, 0.3) is 5.69 Å². The Balaban J connectivity index is 1.67. The maximum absolute atomic E-state index is 12.5. The number of hydrogen-bond donors (Lipinski definition) is 1. The molecule has 0 saturated heterocycles. The van der Waals surface area contributed by atoms with E-state index in [1.807, 2.05) is 36.6 Å². The van der Waals surface area contributed by atoms with Crippen LogP contribution in [0.2, 0.25) is 5.02 Å². The smallest absolute Gasteiger partial charge is 0.233 e. The highest BCUT2D eigenvalue weighted by Gasteiger charge is 2.22. The van der Waals surface area contributed by atoms with E-state index in [1.54, 1.807) is 6.33 Å². The standard InChI is InChI=1S/C18H23ClN4OS/c1-12-8-9-15(10-16(12)19)23-11-20-22-18(23)25-13(2)17(24)21-14-6-4-3-5-7-14/h8-11,13-14H,3-7H2,1-2H3,(H,21,24)/t13-/m1/s1. The Hall–Kier alpha value is -1.53. The van der Waals surface area contributed by atoms with Crippen molar-refractivity contribution in [2.24, 2.45) is 0 Å². The normalized spacial score (nSPS) is 16.6. The minimum absolute atomic E-state index is 0.0633. The second-order valence-corrected chi connectivity index (χ2v) is 8.24. The Morgan fingerprint density at radius 2 is 2.12 bits per heavy atom. The van der Waals surface area contributed by atoms with Crippen molar-refractivity contribution >= 4 is 29.3 Å². The molecule has 1 atom stereocenters. The number of hydrogen-bond acceptors (Lipinski definition) is 4. The lowest BCUT2D eigenvalue weighted by molar-refractivity contribution is -0.121. The first kappa shape index (κ1) is 18.3. The van der Waals surface area contributed by atoms with E-state index < -0.39 is 0 Å². The summed E-state index contributed by atoms with van der Waals surface area (Å²) in [7, 11) is 0. The van der Waals surface area contributed by atoms with Gasteiger partial charge in [-0.05, 0) is 44.4 Å². The average molecular weight is 379 g/mol. The molecule has 25 heavy (non-hydrogen) atoms. The van der Waals surface area contributed by atoms with Gasteiger partial charge in [-0.15, -0.1) is 10.2 Å². The molecule has 1 N–H and O–H groups in total. The number of rotatable bonds is 5. The van der Waals surface area contributed by atoms with Gasteiger partial charge in [0, 0.05) is 11.1 Å². The molecule has 0 spiro atoms. The van der Waals surface area contributed by atoms with Crippen molar-refractivity contribution in [3.05, 3.63) is 35.1 Å². The fourth-order valence-electron chi connectivity index (χ4n) is 2.99. The van der Waals surface area contributed by atoms with Gasteiger partial charge < -0.3 is 5.32 Å². The highest BCUT2D eigenvalue weighted by molar-refractivity contribution is 8.00. The highest BCUT2D eigenvalue weighted by atomic mass is 35.5. The number of halogens is 1. The van der Waals surface area contributed by atoms with Crippen molar-refractivity contribution in [1.82, 2.24) is 20.1 Å². The molecule has 3 rings (SSSR count). The molecule has 1 saturated carbocycles. The van der Waals surface area contributed by atoms with E-state index in [4.69, 9.17) is 11.6 Å². The lowest BCUT2D eigenvalue weighted by Gasteiger charge is -2.24. The van der Waals surface area contributed by atoms with Gasteiger partial charge in [-0.3, -0.25) is 9.36 Å².